The van der Waals surface area contributed by atoms with Crippen molar-refractivity contribution >= 4 is 23.0 Å². The fourth-order valence-electron chi connectivity index (χ4n) is 2.16. The molecule has 0 atom stereocenters. The number of carbonyl (C=O) groups excluding carboxylic acids is 1. The number of hydrogen-bond acceptors (Lipinski definition) is 4. The number of rotatable bonds is 4. The Labute approximate surface area is 117 Å². The van der Waals surface area contributed by atoms with Crippen molar-refractivity contribution < 1.29 is 9.53 Å². The van der Waals surface area contributed by atoms with Crippen LogP contribution in [0.2, 0.25) is 0 Å². The minimum Gasteiger partial charge on any atom is -0.495 e. The van der Waals surface area contributed by atoms with E-state index >= 15 is 0 Å². The van der Waals surface area contributed by atoms with Crippen LogP contribution in [0.4, 0.5) is 17.1 Å². The molecule has 0 aliphatic carbocycles. The average molecular weight is 271 g/mol. The van der Waals surface area contributed by atoms with Gasteiger partial charge in [0.15, 0.2) is 0 Å². The fourth-order valence-corrected chi connectivity index (χ4v) is 2.16. The van der Waals surface area contributed by atoms with E-state index in [0.717, 1.165) is 5.69 Å². The molecule has 0 radical (unpaired) electrons. The lowest BCUT2D eigenvalue weighted by atomic mass is 10.1. The third-order valence-corrected chi connectivity index (χ3v) is 3.11. The van der Waals surface area contributed by atoms with E-state index in [1.807, 2.05) is 31.3 Å². The molecule has 5 nitrogen and oxygen atoms in total. The molecule has 2 aromatic rings. The predicted molar refractivity (Wildman–Crippen MR) is 80.4 cm³/mol. The molecule has 0 fully saturated rings. The van der Waals surface area contributed by atoms with Gasteiger partial charge in [0.2, 0.25) is 0 Å². The van der Waals surface area contributed by atoms with Crippen LogP contribution in [0.25, 0.3) is 0 Å². The molecular formula is C15H17N3O2. The first-order chi connectivity index (χ1) is 9.56. The van der Waals surface area contributed by atoms with Gasteiger partial charge in [0.1, 0.15) is 5.75 Å². The van der Waals surface area contributed by atoms with Crippen molar-refractivity contribution in [2.24, 2.45) is 5.73 Å². The number of nitrogens with two attached hydrogens (primary N) is 2. The number of nitrogens with zero attached hydrogens (tertiary/aromatic N) is 1. The minimum absolute atomic E-state index is 0.374. The lowest BCUT2D eigenvalue weighted by Gasteiger charge is -2.25. The van der Waals surface area contributed by atoms with Crippen molar-refractivity contribution in [3.8, 4) is 5.75 Å². The first-order valence-corrected chi connectivity index (χ1v) is 6.11. The number of methoxy groups -OCH3 is 1. The van der Waals surface area contributed by atoms with Gasteiger partial charge in [-0.25, -0.2) is 0 Å². The Morgan fingerprint density at radius 2 is 1.85 bits per heavy atom. The number of hydrogen-bond donors (Lipinski definition) is 2. The molecule has 5 heteroatoms. The second kappa shape index (κ2) is 5.52. The number of ether oxygens (including phenoxy) is 1. The summed E-state index contributed by atoms with van der Waals surface area (Å²) in [6, 6.07) is 12.6. The van der Waals surface area contributed by atoms with Crippen LogP contribution in [0.15, 0.2) is 42.5 Å². The van der Waals surface area contributed by atoms with Gasteiger partial charge in [0.25, 0.3) is 5.91 Å². The highest BCUT2D eigenvalue weighted by molar-refractivity contribution is 6.02. The van der Waals surface area contributed by atoms with E-state index in [-0.39, 0.29) is 0 Å². The summed E-state index contributed by atoms with van der Waals surface area (Å²) >= 11 is 0. The molecular weight excluding hydrogens is 254 g/mol. The van der Waals surface area contributed by atoms with Gasteiger partial charge >= 0.3 is 0 Å². The minimum atomic E-state index is -0.519. The van der Waals surface area contributed by atoms with E-state index in [2.05, 4.69) is 0 Å². The van der Waals surface area contributed by atoms with Gasteiger partial charge < -0.3 is 21.1 Å². The maximum atomic E-state index is 11.6. The normalized spacial score (nSPS) is 10.1. The molecule has 0 saturated heterocycles. The summed E-state index contributed by atoms with van der Waals surface area (Å²) in [6.45, 7) is 0. The van der Waals surface area contributed by atoms with Crippen LogP contribution in [-0.4, -0.2) is 20.1 Å². The number of amides is 1. The molecule has 104 valence electrons. The van der Waals surface area contributed by atoms with E-state index in [1.165, 1.54) is 0 Å². The Balaban J connectivity index is 2.59. The van der Waals surface area contributed by atoms with Crippen molar-refractivity contribution in [2.75, 3.05) is 24.8 Å². The second-order valence-electron chi connectivity index (χ2n) is 4.34. The zero-order chi connectivity index (χ0) is 14.7. The molecule has 0 aliphatic rings. The first-order valence-electron chi connectivity index (χ1n) is 6.11. The molecule has 0 bridgehead atoms. The van der Waals surface area contributed by atoms with Crippen LogP contribution in [0.5, 0.6) is 5.75 Å². The van der Waals surface area contributed by atoms with Gasteiger partial charge in [0.05, 0.1) is 29.7 Å². The monoisotopic (exact) mass is 271 g/mol. The van der Waals surface area contributed by atoms with Crippen molar-refractivity contribution in [2.45, 2.75) is 0 Å². The van der Waals surface area contributed by atoms with Crippen LogP contribution in [0.3, 0.4) is 0 Å². The zero-order valence-corrected chi connectivity index (χ0v) is 11.5. The SMILES string of the molecule is COc1ccccc1N(C)c1c(N)cccc1C(N)=O. The largest absolute Gasteiger partial charge is 0.495 e. The van der Waals surface area contributed by atoms with E-state index in [9.17, 15) is 4.79 Å². The highest BCUT2D eigenvalue weighted by atomic mass is 16.5. The summed E-state index contributed by atoms with van der Waals surface area (Å²) in [4.78, 5) is 13.4. The van der Waals surface area contributed by atoms with Crippen LogP contribution in [0, 0.1) is 0 Å². The van der Waals surface area contributed by atoms with Crippen molar-refractivity contribution in [1.29, 1.82) is 0 Å². The lowest BCUT2D eigenvalue weighted by Crippen LogP contribution is -2.20. The number of para-hydroxylation sites is 3. The number of nitrogen functional groups attached to an aromatic ring is 1. The molecule has 0 saturated carbocycles. The Kier molecular flexibility index (Phi) is 3.79. The summed E-state index contributed by atoms with van der Waals surface area (Å²) < 4.78 is 5.33. The molecule has 0 spiro atoms. The van der Waals surface area contributed by atoms with Gasteiger partial charge in [-0.3, -0.25) is 4.79 Å². The molecule has 2 rings (SSSR count). The van der Waals surface area contributed by atoms with Gasteiger partial charge in [-0.15, -0.1) is 0 Å². The van der Waals surface area contributed by atoms with E-state index in [0.29, 0.717) is 22.7 Å². The van der Waals surface area contributed by atoms with Crippen molar-refractivity contribution in [3.63, 3.8) is 0 Å². The Hall–Kier alpha value is -2.69. The summed E-state index contributed by atoms with van der Waals surface area (Å²) in [7, 11) is 3.41. The number of benzene rings is 2. The Morgan fingerprint density at radius 3 is 2.50 bits per heavy atom. The Morgan fingerprint density at radius 1 is 1.15 bits per heavy atom. The smallest absolute Gasteiger partial charge is 0.250 e. The van der Waals surface area contributed by atoms with Crippen molar-refractivity contribution in [3.05, 3.63) is 48.0 Å². The quantitative estimate of drug-likeness (QED) is 0.835. The molecule has 20 heavy (non-hydrogen) atoms. The van der Waals surface area contributed by atoms with Gasteiger partial charge in [-0.05, 0) is 24.3 Å². The lowest BCUT2D eigenvalue weighted by molar-refractivity contribution is 0.100. The summed E-state index contributed by atoms with van der Waals surface area (Å²) in [6.07, 6.45) is 0. The molecule has 0 aromatic heterocycles. The third-order valence-electron chi connectivity index (χ3n) is 3.11. The highest BCUT2D eigenvalue weighted by Crippen LogP contribution is 2.36. The zero-order valence-electron chi connectivity index (χ0n) is 11.5. The maximum Gasteiger partial charge on any atom is 0.250 e. The number of anilines is 3. The maximum absolute atomic E-state index is 11.6. The third kappa shape index (κ3) is 2.38. The second-order valence-corrected chi connectivity index (χ2v) is 4.34. The first kappa shape index (κ1) is 13.7. The van der Waals surface area contributed by atoms with Gasteiger partial charge in [-0.1, -0.05) is 18.2 Å². The van der Waals surface area contributed by atoms with E-state index < -0.39 is 5.91 Å². The van der Waals surface area contributed by atoms with E-state index in [1.54, 1.807) is 30.2 Å². The summed E-state index contributed by atoms with van der Waals surface area (Å²) in [5.41, 5.74) is 13.6. The van der Waals surface area contributed by atoms with Crippen molar-refractivity contribution in [1.82, 2.24) is 0 Å². The molecule has 0 aliphatic heterocycles. The number of carbonyl (C=O) groups is 1. The van der Waals surface area contributed by atoms with Crippen LogP contribution < -0.4 is 21.1 Å². The van der Waals surface area contributed by atoms with E-state index in [4.69, 9.17) is 16.2 Å². The molecule has 4 N–H and O–H groups in total. The van der Waals surface area contributed by atoms with Crippen LogP contribution in [-0.2, 0) is 0 Å². The fraction of sp³-hybridized carbons (Fsp3) is 0.133. The Bertz CT molecular complexity index is 641. The average Bonchev–Trinajstić information content (AvgIpc) is 2.46. The van der Waals surface area contributed by atoms with Crippen LogP contribution in [0.1, 0.15) is 10.4 Å². The van der Waals surface area contributed by atoms with Gasteiger partial charge in [0, 0.05) is 7.05 Å². The molecule has 2 aromatic carbocycles. The standard InChI is InChI=1S/C15H17N3O2/c1-18(12-8-3-4-9-13(12)20-2)14-10(15(17)19)6-5-7-11(14)16/h3-9H,16H2,1-2H3,(H2,17,19). The topological polar surface area (TPSA) is 81.6 Å². The molecule has 0 heterocycles. The van der Waals surface area contributed by atoms with Crippen LogP contribution >= 0.6 is 0 Å². The predicted octanol–water partition coefficient (Wildman–Crippen LogP) is 2.14. The highest BCUT2D eigenvalue weighted by Gasteiger charge is 2.18. The molecule has 0 unspecified atom stereocenters. The molecule has 1 amide bonds. The van der Waals surface area contributed by atoms with Gasteiger partial charge in [-0.2, -0.15) is 0 Å². The summed E-state index contributed by atoms with van der Waals surface area (Å²) in [5, 5.41) is 0. The number of primary amides is 1. The summed E-state index contributed by atoms with van der Waals surface area (Å²) in [5.74, 6) is 0.169.